The van der Waals surface area contributed by atoms with E-state index in [1.807, 2.05) is 12.1 Å². The lowest BCUT2D eigenvalue weighted by Crippen LogP contribution is -2.22. The van der Waals surface area contributed by atoms with Gasteiger partial charge in [0.05, 0.1) is 17.6 Å². The third-order valence-corrected chi connectivity index (χ3v) is 4.56. The highest BCUT2D eigenvalue weighted by molar-refractivity contribution is 7.89. The highest BCUT2D eigenvalue weighted by Crippen LogP contribution is 2.16. The van der Waals surface area contributed by atoms with Crippen molar-refractivity contribution in [3.05, 3.63) is 34.3 Å². The van der Waals surface area contributed by atoms with Gasteiger partial charge >= 0.3 is 0 Å². The van der Waals surface area contributed by atoms with Crippen molar-refractivity contribution in [1.82, 2.24) is 14.9 Å². The van der Waals surface area contributed by atoms with Crippen LogP contribution in [0.5, 0.6) is 0 Å². The van der Waals surface area contributed by atoms with E-state index in [0.29, 0.717) is 6.54 Å². The first kappa shape index (κ1) is 13.8. The molecule has 19 heavy (non-hydrogen) atoms. The van der Waals surface area contributed by atoms with E-state index in [2.05, 4.69) is 26.8 Å². The summed E-state index contributed by atoms with van der Waals surface area (Å²) in [5, 5.41) is 6.07. The van der Waals surface area contributed by atoms with Crippen molar-refractivity contribution in [2.24, 2.45) is 5.73 Å². The first-order valence-electron chi connectivity index (χ1n) is 5.38. The first-order chi connectivity index (χ1) is 9.12. The molecule has 2 aromatic heterocycles. The summed E-state index contributed by atoms with van der Waals surface area (Å²) in [6.45, 7) is 0.531. The number of hydrogen-bond donors (Lipinski definition) is 3. The Morgan fingerprint density at radius 3 is 3.00 bits per heavy atom. The summed E-state index contributed by atoms with van der Waals surface area (Å²) < 4.78 is 26.2. The highest BCUT2D eigenvalue weighted by atomic mass is 32.2. The van der Waals surface area contributed by atoms with E-state index in [0.717, 1.165) is 9.75 Å². The van der Waals surface area contributed by atoms with Crippen LogP contribution in [0.2, 0.25) is 0 Å². The van der Waals surface area contributed by atoms with Crippen LogP contribution in [-0.2, 0) is 16.6 Å². The second kappa shape index (κ2) is 5.99. The summed E-state index contributed by atoms with van der Waals surface area (Å²) in [6.07, 6.45) is 2.59. The molecule has 0 radical (unpaired) electrons. The molecule has 0 unspecified atom stereocenters. The molecule has 2 aromatic rings. The number of thiophene rings is 1. The maximum atomic E-state index is 11.8. The van der Waals surface area contributed by atoms with Crippen molar-refractivity contribution in [2.45, 2.75) is 11.4 Å². The molecule has 4 N–H and O–H groups in total. The molecule has 0 saturated carbocycles. The van der Waals surface area contributed by atoms with Gasteiger partial charge in [-0.3, -0.25) is 5.10 Å². The third kappa shape index (κ3) is 3.65. The van der Waals surface area contributed by atoms with Crippen molar-refractivity contribution in [3.8, 4) is 11.8 Å². The van der Waals surface area contributed by atoms with Gasteiger partial charge in [0.1, 0.15) is 4.90 Å². The molecule has 0 aliphatic heterocycles. The van der Waals surface area contributed by atoms with Gasteiger partial charge < -0.3 is 5.73 Å². The monoisotopic (exact) mass is 296 g/mol. The number of hydrogen-bond acceptors (Lipinski definition) is 5. The van der Waals surface area contributed by atoms with E-state index < -0.39 is 10.0 Å². The largest absolute Gasteiger partial charge is 0.320 e. The number of sulfonamides is 1. The lowest BCUT2D eigenvalue weighted by Gasteiger charge is -2.01. The molecule has 0 saturated heterocycles. The Labute approximate surface area is 115 Å². The Morgan fingerprint density at radius 1 is 1.47 bits per heavy atom. The molecule has 8 heteroatoms. The minimum Gasteiger partial charge on any atom is -0.320 e. The molecule has 0 amide bonds. The van der Waals surface area contributed by atoms with Gasteiger partial charge in [-0.05, 0) is 12.1 Å². The minimum absolute atomic E-state index is 0.118. The predicted octanol–water partition coefficient (Wildman–Crippen LogP) is 0.260. The van der Waals surface area contributed by atoms with Crippen LogP contribution < -0.4 is 10.5 Å². The third-order valence-electron chi connectivity index (χ3n) is 2.20. The number of aromatic amines is 1. The Kier molecular flexibility index (Phi) is 4.34. The first-order valence-corrected chi connectivity index (χ1v) is 7.68. The predicted molar refractivity (Wildman–Crippen MR) is 72.9 cm³/mol. The van der Waals surface area contributed by atoms with Crippen LogP contribution in [0.1, 0.15) is 9.75 Å². The van der Waals surface area contributed by atoms with Crippen LogP contribution in [-0.4, -0.2) is 25.2 Å². The molecule has 6 nitrogen and oxygen atoms in total. The zero-order chi connectivity index (χ0) is 13.7. The van der Waals surface area contributed by atoms with Gasteiger partial charge in [0.25, 0.3) is 0 Å². The molecule has 0 bridgehead atoms. The fraction of sp³-hybridized carbons (Fsp3) is 0.182. The summed E-state index contributed by atoms with van der Waals surface area (Å²) in [5.74, 6) is 5.65. The van der Waals surface area contributed by atoms with Crippen LogP contribution in [0.4, 0.5) is 0 Å². The molecule has 2 heterocycles. The van der Waals surface area contributed by atoms with Gasteiger partial charge in [-0.2, -0.15) is 5.10 Å². The van der Waals surface area contributed by atoms with Crippen LogP contribution >= 0.6 is 11.3 Å². The zero-order valence-corrected chi connectivity index (χ0v) is 11.5. The summed E-state index contributed by atoms with van der Waals surface area (Å²) in [7, 11) is -3.52. The smallest absolute Gasteiger partial charge is 0.244 e. The molecule has 0 aliphatic rings. The van der Waals surface area contributed by atoms with E-state index in [9.17, 15) is 8.42 Å². The Balaban J connectivity index is 2.01. The van der Waals surface area contributed by atoms with Crippen LogP contribution in [0.3, 0.4) is 0 Å². The maximum absolute atomic E-state index is 11.8. The quantitative estimate of drug-likeness (QED) is 0.704. The number of H-pyrrole nitrogens is 1. The highest BCUT2D eigenvalue weighted by Gasteiger charge is 2.14. The molecule has 0 spiro atoms. The van der Waals surface area contributed by atoms with Gasteiger partial charge in [0.15, 0.2) is 0 Å². The number of nitrogens with one attached hydrogen (secondary N) is 2. The molecule has 0 fully saturated rings. The maximum Gasteiger partial charge on any atom is 0.244 e. The molecule has 0 atom stereocenters. The molecule has 2 rings (SSSR count). The van der Waals surface area contributed by atoms with Crippen molar-refractivity contribution < 1.29 is 8.42 Å². The SMILES string of the molecule is NCC#Cc1ccc(CNS(=O)(=O)c2cn[nH]c2)s1. The fourth-order valence-electron chi connectivity index (χ4n) is 1.31. The number of nitrogens with zero attached hydrogens (tertiary/aromatic N) is 1. The van der Waals surface area contributed by atoms with E-state index in [1.165, 1.54) is 23.7 Å². The lowest BCUT2D eigenvalue weighted by atomic mass is 10.4. The van der Waals surface area contributed by atoms with E-state index in [-0.39, 0.29) is 11.4 Å². The topological polar surface area (TPSA) is 101 Å². The number of rotatable bonds is 4. The molecule has 0 aromatic carbocycles. The standard InChI is InChI=1S/C11H12N4O2S2/c12-5-1-2-9-3-4-10(18-9)6-15-19(16,17)11-7-13-14-8-11/h3-4,7-8,15H,5-6,12H2,(H,13,14). The van der Waals surface area contributed by atoms with Crippen molar-refractivity contribution in [3.63, 3.8) is 0 Å². The van der Waals surface area contributed by atoms with Crippen LogP contribution in [0, 0.1) is 11.8 Å². The van der Waals surface area contributed by atoms with Crippen LogP contribution in [0.25, 0.3) is 0 Å². The van der Waals surface area contributed by atoms with Gasteiger partial charge in [0, 0.05) is 17.6 Å². The zero-order valence-electron chi connectivity index (χ0n) is 9.88. The van der Waals surface area contributed by atoms with E-state index in [4.69, 9.17) is 5.73 Å². The fourth-order valence-corrected chi connectivity index (χ4v) is 3.14. The summed E-state index contributed by atoms with van der Waals surface area (Å²) in [4.78, 5) is 1.86. The van der Waals surface area contributed by atoms with Crippen LogP contribution in [0.15, 0.2) is 29.4 Å². The average Bonchev–Trinajstić information content (AvgIpc) is 3.05. The molecular weight excluding hydrogens is 284 g/mol. The van der Waals surface area contributed by atoms with Crippen molar-refractivity contribution in [2.75, 3.05) is 6.54 Å². The summed E-state index contributed by atoms with van der Waals surface area (Å²) in [6, 6.07) is 3.68. The van der Waals surface area contributed by atoms with Crippen molar-refractivity contribution in [1.29, 1.82) is 0 Å². The number of aromatic nitrogens is 2. The molecular formula is C11H12N4O2S2. The minimum atomic E-state index is -3.52. The Hall–Kier alpha value is -1.66. The summed E-state index contributed by atoms with van der Waals surface area (Å²) in [5.41, 5.74) is 5.28. The molecule has 100 valence electrons. The molecule has 0 aliphatic carbocycles. The Bertz CT molecular complexity index is 693. The summed E-state index contributed by atoms with van der Waals surface area (Å²) >= 11 is 1.43. The van der Waals surface area contributed by atoms with Gasteiger partial charge in [0.2, 0.25) is 10.0 Å². The van der Waals surface area contributed by atoms with E-state index in [1.54, 1.807) is 0 Å². The normalized spacial score (nSPS) is 11.0. The van der Waals surface area contributed by atoms with Gasteiger partial charge in [-0.15, -0.1) is 11.3 Å². The second-order valence-corrected chi connectivity index (χ2v) is 6.47. The second-order valence-electron chi connectivity index (χ2n) is 3.53. The average molecular weight is 296 g/mol. The lowest BCUT2D eigenvalue weighted by molar-refractivity contribution is 0.582. The van der Waals surface area contributed by atoms with E-state index >= 15 is 0 Å². The van der Waals surface area contributed by atoms with Gasteiger partial charge in [-0.1, -0.05) is 11.8 Å². The van der Waals surface area contributed by atoms with Gasteiger partial charge in [-0.25, -0.2) is 13.1 Å². The van der Waals surface area contributed by atoms with Crippen molar-refractivity contribution >= 4 is 21.4 Å². The Morgan fingerprint density at radius 2 is 2.32 bits per heavy atom. The number of nitrogens with two attached hydrogens (primary N) is 1.